The second-order valence-corrected chi connectivity index (χ2v) is 5.33. The molecule has 0 radical (unpaired) electrons. The van der Waals surface area contributed by atoms with Crippen molar-refractivity contribution in [2.24, 2.45) is 0 Å². The largest absolute Gasteiger partial charge is 0.507 e. The standard InChI is InChI=1S/C18H13N3O3/c1-24-12-6-7-16(22)13(9-12)18(23)11-8-17-20-14-4-2-3-5-15(14)21(17)19-10-11/h2-10,22H,1H3. The third-order valence-electron chi connectivity index (χ3n) is 3.87. The number of benzene rings is 2. The van der Waals surface area contributed by atoms with Crippen molar-refractivity contribution in [1.29, 1.82) is 0 Å². The second kappa shape index (κ2) is 5.34. The molecule has 2 aromatic carbocycles. The van der Waals surface area contributed by atoms with Gasteiger partial charge in [0.2, 0.25) is 0 Å². The molecular weight excluding hydrogens is 306 g/mol. The summed E-state index contributed by atoms with van der Waals surface area (Å²) in [4.78, 5) is 17.2. The van der Waals surface area contributed by atoms with E-state index in [1.807, 2.05) is 24.3 Å². The number of imidazole rings is 1. The Labute approximate surface area is 136 Å². The summed E-state index contributed by atoms with van der Waals surface area (Å²) in [6.45, 7) is 0. The molecule has 4 aromatic rings. The van der Waals surface area contributed by atoms with Gasteiger partial charge in [0, 0.05) is 5.56 Å². The van der Waals surface area contributed by atoms with Crippen LogP contribution in [-0.4, -0.2) is 32.6 Å². The number of carbonyl (C=O) groups is 1. The number of phenolic OH excluding ortho intramolecular Hbond substituents is 1. The first-order valence-corrected chi connectivity index (χ1v) is 7.32. The van der Waals surface area contributed by atoms with E-state index in [4.69, 9.17) is 4.74 Å². The van der Waals surface area contributed by atoms with Crippen molar-refractivity contribution in [3.63, 3.8) is 0 Å². The van der Waals surface area contributed by atoms with E-state index >= 15 is 0 Å². The van der Waals surface area contributed by atoms with Gasteiger partial charge in [-0.25, -0.2) is 9.50 Å². The predicted octanol–water partition coefficient (Wildman–Crippen LogP) is 2.83. The van der Waals surface area contributed by atoms with Crippen molar-refractivity contribution in [3.8, 4) is 11.5 Å². The van der Waals surface area contributed by atoms with Gasteiger partial charge < -0.3 is 9.84 Å². The molecule has 0 spiro atoms. The van der Waals surface area contributed by atoms with Gasteiger partial charge in [-0.3, -0.25) is 4.79 Å². The third kappa shape index (κ3) is 2.16. The van der Waals surface area contributed by atoms with Gasteiger partial charge >= 0.3 is 0 Å². The normalized spacial score (nSPS) is 11.0. The van der Waals surface area contributed by atoms with Crippen molar-refractivity contribution < 1.29 is 14.6 Å². The Morgan fingerprint density at radius 2 is 2.00 bits per heavy atom. The lowest BCUT2D eigenvalue weighted by atomic mass is 10.0. The van der Waals surface area contributed by atoms with E-state index in [2.05, 4.69) is 10.1 Å². The Bertz CT molecular complexity index is 1090. The van der Waals surface area contributed by atoms with E-state index in [1.165, 1.54) is 25.4 Å². The van der Waals surface area contributed by atoms with Crippen molar-refractivity contribution in [3.05, 3.63) is 65.9 Å². The summed E-state index contributed by atoms with van der Waals surface area (Å²) in [5.74, 6) is 0.0550. The number of hydrogen-bond donors (Lipinski definition) is 1. The van der Waals surface area contributed by atoms with Gasteiger partial charge in [-0.05, 0) is 36.4 Å². The van der Waals surface area contributed by atoms with Crippen LogP contribution < -0.4 is 4.74 Å². The summed E-state index contributed by atoms with van der Waals surface area (Å²) in [5, 5.41) is 14.3. The number of carbonyl (C=O) groups excluding carboxylic acids is 1. The van der Waals surface area contributed by atoms with Gasteiger partial charge in [0.15, 0.2) is 11.4 Å². The van der Waals surface area contributed by atoms with Gasteiger partial charge in [-0.2, -0.15) is 5.10 Å². The molecule has 0 fully saturated rings. The summed E-state index contributed by atoms with van der Waals surface area (Å²) < 4.78 is 6.79. The zero-order chi connectivity index (χ0) is 16.7. The molecule has 6 heteroatoms. The Morgan fingerprint density at radius 3 is 2.83 bits per heavy atom. The highest BCUT2D eigenvalue weighted by atomic mass is 16.5. The molecule has 0 saturated carbocycles. The van der Waals surface area contributed by atoms with Crippen LogP contribution in [0.25, 0.3) is 16.7 Å². The van der Waals surface area contributed by atoms with E-state index in [0.29, 0.717) is 17.0 Å². The second-order valence-electron chi connectivity index (χ2n) is 5.33. The van der Waals surface area contributed by atoms with Crippen LogP contribution in [0.15, 0.2) is 54.7 Å². The van der Waals surface area contributed by atoms with Crippen LogP contribution in [0.5, 0.6) is 11.5 Å². The molecule has 0 aliphatic carbocycles. The lowest BCUT2D eigenvalue weighted by molar-refractivity contribution is 0.103. The van der Waals surface area contributed by atoms with E-state index in [-0.39, 0.29) is 17.1 Å². The molecule has 2 heterocycles. The van der Waals surface area contributed by atoms with Crippen molar-refractivity contribution in [2.75, 3.05) is 7.11 Å². The van der Waals surface area contributed by atoms with Gasteiger partial charge in [0.25, 0.3) is 0 Å². The van der Waals surface area contributed by atoms with Crippen LogP contribution in [0.1, 0.15) is 15.9 Å². The zero-order valence-electron chi connectivity index (χ0n) is 12.8. The molecule has 0 aliphatic rings. The number of para-hydroxylation sites is 2. The van der Waals surface area contributed by atoms with Crippen LogP contribution in [0, 0.1) is 0 Å². The first-order chi connectivity index (χ1) is 11.7. The van der Waals surface area contributed by atoms with Crippen molar-refractivity contribution in [2.45, 2.75) is 0 Å². The molecule has 2 aromatic heterocycles. The number of nitrogens with zero attached hydrogens (tertiary/aromatic N) is 3. The van der Waals surface area contributed by atoms with Crippen LogP contribution in [0.2, 0.25) is 0 Å². The van der Waals surface area contributed by atoms with E-state index < -0.39 is 0 Å². The summed E-state index contributed by atoms with van der Waals surface area (Å²) in [6.07, 6.45) is 1.47. The molecule has 0 amide bonds. The zero-order valence-corrected chi connectivity index (χ0v) is 12.8. The van der Waals surface area contributed by atoms with Gasteiger partial charge in [-0.15, -0.1) is 0 Å². The fourth-order valence-corrected chi connectivity index (χ4v) is 2.65. The van der Waals surface area contributed by atoms with E-state index in [0.717, 1.165) is 11.0 Å². The fourth-order valence-electron chi connectivity index (χ4n) is 2.65. The molecule has 0 bridgehead atoms. The smallest absolute Gasteiger partial charge is 0.198 e. The Balaban J connectivity index is 1.84. The Kier molecular flexibility index (Phi) is 3.16. The molecule has 4 rings (SSSR count). The maximum atomic E-state index is 12.7. The monoisotopic (exact) mass is 319 g/mol. The molecule has 0 saturated heterocycles. The van der Waals surface area contributed by atoms with Crippen LogP contribution >= 0.6 is 0 Å². The third-order valence-corrected chi connectivity index (χ3v) is 3.87. The molecule has 24 heavy (non-hydrogen) atoms. The highest BCUT2D eigenvalue weighted by molar-refractivity contribution is 6.11. The highest BCUT2D eigenvalue weighted by Gasteiger charge is 2.17. The molecule has 6 nitrogen and oxygen atoms in total. The lowest BCUT2D eigenvalue weighted by Gasteiger charge is -2.06. The fraction of sp³-hybridized carbons (Fsp3) is 0.0556. The number of aromatic hydroxyl groups is 1. The summed E-state index contributed by atoms with van der Waals surface area (Å²) in [5.41, 5.74) is 2.76. The van der Waals surface area contributed by atoms with Gasteiger partial charge in [0.1, 0.15) is 11.5 Å². The molecular formula is C18H13N3O3. The topological polar surface area (TPSA) is 76.7 Å². The molecule has 0 atom stereocenters. The molecule has 0 unspecified atom stereocenters. The Morgan fingerprint density at radius 1 is 1.17 bits per heavy atom. The van der Waals surface area contributed by atoms with E-state index in [1.54, 1.807) is 16.6 Å². The summed E-state index contributed by atoms with van der Waals surface area (Å²) in [6, 6.07) is 13.8. The molecule has 0 aliphatic heterocycles. The number of fused-ring (bicyclic) bond motifs is 3. The SMILES string of the molecule is COc1ccc(O)c(C(=O)c2cnn3c(c2)nc2ccccc23)c1. The number of ketones is 1. The first-order valence-electron chi connectivity index (χ1n) is 7.32. The van der Waals surface area contributed by atoms with Gasteiger partial charge in [0.05, 0.1) is 29.9 Å². The maximum absolute atomic E-state index is 12.7. The summed E-state index contributed by atoms with van der Waals surface area (Å²) >= 11 is 0. The van der Waals surface area contributed by atoms with Crippen LogP contribution in [0.3, 0.4) is 0 Å². The molecule has 118 valence electrons. The van der Waals surface area contributed by atoms with Crippen LogP contribution in [0.4, 0.5) is 0 Å². The Hall–Kier alpha value is -3.41. The van der Waals surface area contributed by atoms with Gasteiger partial charge in [-0.1, -0.05) is 12.1 Å². The minimum absolute atomic E-state index is 0.103. The lowest BCUT2D eigenvalue weighted by Crippen LogP contribution is -2.05. The average Bonchev–Trinajstić information content (AvgIpc) is 2.99. The molecule has 1 N–H and O–H groups in total. The number of rotatable bonds is 3. The number of methoxy groups -OCH3 is 1. The van der Waals surface area contributed by atoms with E-state index in [9.17, 15) is 9.90 Å². The highest BCUT2D eigenvalue weighted by Crippen LogP contribution is 2.26. The van der Waals surface area contributed by atoms with Crippen molar-refractivity contribution in [1.82, 2.24) is 14.6 Å². The van der Waals surface area contributed by atoms with Crippen LogP contribution in [-0.2, 0) is 0 Å². The number of hydrogen-bond acceptors (Lipinski definition) is 5. The quantitative estimate of drug-likeness (QED) is 0.588. The van der Waals surface area contributed by atoms with Crippen molar-refractivity contribution >= 4 is 22.5 Å². The first kappa shape index (κ1) is 14.2. The maximum Gasteiger partial charge on any atom is 0.198 e. The predicted molar refractivity (Wildman–Crippen MR) is 88.6 cm³/mol. The minimum atomic E-state index is -0.339. The number of phenols is 1. The summed E-state index contributed by atoms with van der Waals surface area (Å²) in [7, 11) is 1.50. The average molecular weight is 319 g/mol. The number of aromatic nitrogens is 3. The number of ether oxygens (including phenoxy) is 1. The minimum Gasteiger partial charge on any atom is -0.507 e.